The summed E-state index contributed by atoms with van der Waals surface area (Å²) in [6, 6.07) is 0. The van der Waals surface area contributed by atoms with Gasteiger partial charge >= 0.3 is 0 Å². The Morgan fingerprint density at radius 2 is 0.310 bits per heavy atom. The van der Waals surface area contributed by atoms with Crippen LogP contribution in [0, 0.1) is 0 Å². The lowest BCUT2D eigenvalue weighted by Gasteiger charge is -2.01. The molecule has 0 aromatic carbocycles. The van der Waals surface area contributed by atoms with Gasteiger partial charge in [0.15, 0.2) is 0 Å². The Morgan fingerprint density at radius 1 is 0.190 bits per heavy atom. The first-order valence-corrected chi connectivity index (χ1v) is 19.8. The van der Waals surface area contributed by atoms with Gasteiger partial charge in [0.25, 0.3) is 0 Å². The summed E-state index contributed by atoms with van der Waals surface area (Å²) in [5.74, 6) is 0. The second kappa shape index (κ2) is 50.5. The molecule has 0 saturated heterocycles. The molecule has 42 heavy (non-hydrogen) atoms. The minimum absolute atomic E-state index is 0.872. The van der Waals surface area contributed by atoms with Gasteiger partial charge in [-0.2, -0.15) is 0 Å². The highest BCUT2D eigenvalue weighted by atomic mass is 14.5. The third-order valence-corrected chi connectivity index (χ3v) is 8.42. The molecule has 0 saturated carbocycles. The van der Waals surface area contributed by atoms with Crippen LogP contribution >= 0.6 is 0 Å². The van der Waals surface area contributed by atoms with Gasteiger partial charge in [-0.05, 0) is 38.9 Å². The van der Waals surface area contributed by atoms with E-state index in [1.54, 1.807) is 0 Å². The van der Waals surface area contributed by atoms with Crippen LogP contribution in [0.1, 0.15) is 233 Å². The van der Waals surface area contributed by atoms with Crippen LogP contribution < -0.4 is 17.2 Å². The van der Waals surface area contributed by atoms with Gasteiger partial charge in [-0.3, -0.25) is 0 Å². The molecule has 0 aromatic heterocycles. The SMILES string of the molecule is CCCCCCCCCCCCCN.CCCCCCCCCCCCCN.CCCCCCCCCCCCCN. The van der Waals surface area contributed by atoms with Crippen LogP contribution in [-0.4, -0.2) is 19.6 Å². The van der Waals surface area contributed by atoms with E-state index in [0.29, 0.717) is 0 Å². The fraction of sp³-hybridized carbons (Fsp3) is 1.00. The number of unbranched alkanes of at least 4 members (excludes halogenated alkanes) is 30. The number of rotatable bonds is 33. The standard InChI is InChI=1S/3C13H29N/c3*1-2-3-4-5-6-7-8-9-10-11-12-13-14/h3*2-14H2,1H3. The third-order valence-electron chi connectivity index (χ3n) is 8.42. The molecule has 0 aliphatic carbocycles. The van der Waals surface area contributed by atoms with Crippen molar-refractivity contribution in [1.82, 2.24) is 0 Å². The molecule has 6 N–H and O–H groups in total. The molecule has 0 aliphatic rings. The zero-order valence-corrected chi connectivity index (χ0v) is 30.2. The molecule has 0 fully saturated rings. The van der Waals surface area contributed by atoms with Crippen LogP contribution in [0.4, 0.5) is 0 Å². The number of hydrogen-bond acceptors (Lipinski definition) is 3. The van der Waals surface area contributed by atoms with E-state index in [9.17, 15) is 0 Å². The van der Waals surface area contributed by atoms with Gasteiger partial charge in [0.1, 0.15) is 0 Å². The van der Waals surface area contributed by atoms with Crippen LogP contribution in [0.25, 0.3) is 0 Å². The van der Waals surface area contributed by atoms with Gasteiger partial charge < -0.3 is 17.2 Å². The Morgan fingerprint density at radius 3 is 0.429 bits per heavy atom. The summed E-state index contributed by atoms with van der Waals surface area (Å²) in [4.78, 5) is 0. The number of nitrogens with two attached hydrogens (primary N) is 3. The predicted molar refractivity (Wildman–Crippen MR) is 197 cm³/mol. The first-order chi connectivity index (χ1) is 20.7. The summed E-state index contributed by atoms with van der Waals surface area (Å²) < 4.78 is 0. The van der Waals surface area contributed by atoms with Crippen molar-refractivity contribution in [3.05, 3.63) is 0 Å². The monoisotopic (exact) mass is 598 g/mol. The maximum Gasteiger partial charge on any atom is -0.00773 e. The maximum absolute atomic E-state index is 5.44. The summed E-state index contributed by atoms with van der Waals surface area (Å²) >= 11 is 0. The van der Waals surface area contributed by atoms with Gasteiger partial charge in [-0.1, -0.05) is 213 Å². The van der Waals surface area contributed by atoms with Crippen molar-refractivity contribution >= 4 is 0 Å². The normalized spacial score (nSPS) is 10.7. The second-order valence-corrected chi connectivity index (χ2v) is 13.0. The molecule has 0 spiro atoms. The maximum atomic E-state index is 5.44. The van der Waals surface area contributed by atoms with Crippen molar-refractivity contribution in [3.63, 3.8) is 0 Å². The zero-order chi connectivity index (χ0) is 31.5. The Hall–Kier alpha value is -0.120. The summed E-state index contributed by atoms with van der Waals surface area (Å²) in [5, 5.41) is 0. The van der Waals surface area contributed by atoms with Crippen LogP contribution in [0.15, 0.2) is 0 Å². The van der Waals surface area contributed by atoms with Crippen molar-refractivity contribution in [2.45, 2.75) is 233 Å². The van der Waals surface area contributed by atoms with Crippen LogP contribution in [0.2, 0.25) is 0 Å². The molecule has 0 aromatic rings. The molecule has 0 aliphatic heterocycles. The Labute approximate surface area is 269 Å². The quantitative estimate of drug-likeness (QED) is 0.0658. The molecule has 0 unspecified atom stereocenters. The highest BCUT2D eigenvalue weighted by Gasteiger charge is 1.94. The Bertz CT molecular complexity index is 295. The van der Waals surface area contributed by atoms with E-state index >= 15 is 0 Å². The second-order valence-electron chi connectivity index (χ2n) is 13.0. The lowest BCUT2D eigenvalue weighted by atomic mass is 10.1. The first-order valence-electron chi connectivity index (χ1n) is 19.8. The van der Waals surface area contributed by atoms with Gasteiger partial charge in [0, 0.05) is 0 Å². The third kappa shape index (κ3) is 55.8. The topological polar surface area (TPSA) is 78.1 Å². The van der Waals surface area contributed by atoms with E-state index in [1.165, 1.54) is 212 Å². The summed E-state index contributed by atoms with van der Waals surface area (Å²) in [7, 11) is 0. The minimum atomic E-state index is 0.872. The molecular weight excluding hydrogens is 510 g/mol. The van der Waals surface area contributed by atoms with Crippen LogP contribution in [0.5, 0.6) is 0 Å². The smallest absolute Gasteiger partial charge is 0.00773 e. The van der Waals surface area contributed by atoms with E-state index in [-0.39, 0.29) is 0 Å². The molecule has 3 heteroatoms. The van der Waals surface area contributed by atoms with Crippen LogP contribution in [-0.2, 0) is 0 Å². The van der Waals surface area contributed by atoms with E-state index in [0.717, 1.165) is 19.6 Å². The Balaban J connectivity index is -0.000000543. The highest BCUT2D eigenvalue weighted by molar-refractivity contribution is 4.50. The molecule has 0 radical (unpaired) electrons. The fourth-order valence-electron chi connectivity index (χ4n) is 5.43. The molecule has 258 valence electrons. The van der Waals surface area contributed by atoms with Crippen molar-refractivity contribution in [1.29, 1.82) is 0 Å². The number of hydrogen-bond donors (Lipinski definition) is 3. The molecule has 0 amide bonds. The van der Waals surface area contributed by atoms with Crippen molar-refractivity contribution < 1.29 is 0 Å². The average Bonchev–Trinajstić information content (AvgIpc) is 3.01. The van der Waals surface area contributed by atoms with E-state index < -0.39 is 0 Å². The van der Waals surface area contributed by atoms with Crippen molar-refractivity contribution in [2.75, 3.05) is 19.6 Å². The lowest BCUT2D eigenvalue weighted by Crippen LogP contribution is -1.97. The van der Waals surface area contributed by atoms with Gasteiger partial charge in [-0.25, -0.2) is 0 Å². The Kier molecular flexibility index (Phi) is 55.7. The summed E-state index contributed by atoms with van der Waals surface area (Å²) in [5.41, 5.74) is 16.3. The van der Waals surface area contributed by atoms with E-state index in [1.807, 2.05) is 0 Å². The van der Waals surface area contributed by atoms with Crippen molar-refractivity contribution in [3.8, 4) is 0 Å². The van der Waals surface area contributed by atoms with Gasteiger partial charge in [0.05, 0.1) is 0 Å². The summed E-state index contributed by atoms with van der Waals surface area (Å²) in [6.07, 6.45) is 46.2. The predicted octanol–water partition coefficient (Wildman–Crippen LogP) is 12.8. The molecule has 0 heterocycles. The largest absolute Gasteiger partial charge is 0.330 e. The van der Waals surface area contributed by atoms with Crippen LogP contribution in [0.3, 0.4) is 0 Å². The average molecular weight is 598 g/mol. The molecule has 0 rings (SSSR count). The molecule has 0 atom stereocenters. The highest BCUT2D eigenvalue weighted by Crippen LogP contribution is 2.13. The molecule has 0 bridgehead atoms. The minimum Gasteiger partial charge on any atom is -0.330 e. The molecular formula is C39H87N3. The lowest BCUT2D eigenvalue weighted by molar-refractivity contribution is 0.551. The van der Waals surface area contributed by atoms with Gasteiger partial charge in [-0.15, -0.1) is 0 Å². The summed E-state index contributed by atoms with van der Waals surface area (Å²) in [6.45, 7) is 9.44. The van der Waals surface area contributed by atoms with E-state index in [2.05, 4.69) is 20.8 Å². The fourth-order valence-corrected chi connectivity index (χ4v) is 5.43. The van der Waals surface area contributed by atoms with Crippen molar-refractivity contribution in [2.24, 2.45) is 17.2 Å². The zero-order valence-electron chi connectivity index (χ0n) is 30.2. The first kappa shape index (κ1) is 46.3. The molecule has 3 nitrogen and oxygen atoms in total. The van der Waals surface area contributed by atoms with E-state index in [4.69, 9.17) is 17.2 Å². The van der Waals surface area contributed by atoms with Gasteiger partial charge in [0.2, 0.25) is 0 Å².